The van der Waals surface area contributed by atoms with Gasteiger partial charge in [-0.25, -0.2) is 4.99 Å². The molecule has 1 aliphatic rings. The molecule has 3 rings (SSSR count). The van der Waals surface area contributed by atoms with Gasteiger partial charge in [0.2, 0.25) is 0 Å². The van der Waals surface area contributed by atoms with Crippen LogP contribution in [0.4, 0.5) is 5.69 Å². The molecule has 26 heavy (non-hydrogen) atoms. The molecule has 0 aromatic heterocycles. The maximum atomic E-state index is 4.70. The molecular weight excluding hydrogens is 356 g/mol. The molecule has 2 aromatic carbocycles. The normalized spacial score (nSPS) is 16.3. The van der Waals surface area contributed by atoms with Crippen molar-refractivity contribution in [3.63, 3.8) is 0 Å². The third-order valence-corrected chi connectivity index (χ3v) is 8.39. The number of hydrogen-bond donors (Lipinski definition) is 0. The Morgan fingerprint density at radius 2 is 1.81 bits per heavy atom. The van der Waals surface area contributed by atoms with E-state index in [1.807, 2.05) is 6.34 Å². The van der Waals surface area contributed by atoms with Gasteiger partial charge in [0.25, 0.3) is 0 Å². The zero-order chi connectivity index (χ0) is 18.7. The molecular formula is C22H28N2S2. The Bertz CT molecular complexity index is 808. The van der Waals surface area contributed by atoms with Crippen LogP contribution in [0.2, 0.25) is 0 Å². The molecule has 1 heterocycles. The number of aryl methyl sites for hydroxylation is 3. The molecule has 0 amide bonds. The van der Waals surface area contributed by atoms with Crippen molar-refractivity contribution in [2.24, 2.45) is 4.99 Å². The third-order valence-electron chi connectivity index (χ3n) is 4.88. The molecule has 0 spiro atoms. The van der Waals surface area contributed by atoms with Crippen LogP contribution in [-0.4, -0.2) is 36.3 Å². The molecule has 4 heteroatoms. The summed E-state index contributed by atoms with van der Waals surface area (Å²) < 4.78 is 0.00329. The number of benzene rings is 2. The van der Waals surface area contributed by atoms with E-state index in [1.54, 1.807) is 0 Å². The van der Waals surface area contributed by atoms with Gasteiger partial charge in [0.15, 0.2) is 0 Å². The van der Waals surface area contributed by atoms with Crippen LogP contribution < -0.4 is 0 Å². The highest BCUT2D eigenvalue weighted by Gasteiger charge is 2.40. The minimum Gasteiger partial charge on any atom is -0.366 e. The third kappa shape index (κ3) is 3.81. The monoisotopic (exact) mass is 384 g/mol. The second-order valence-electron chi connectivity index (χ2n) is 6.95. The van der Waals surface area contributed by atoms with Crippen molar-refractivity contribution in [3.05, 3.63) is 64.2 Å². The molecule has 1 aliphatic heterocycles. The summed E-state index contributed by atoms with van der Waals surface area (Å²) in [6.07, 6.45) is 1.93. The second kappa shape index (κ2) is 8.10. The molecule has 0 aliphatic carbocycles. The van der Waals surface area contributed by atoms with Gasteiger partial charge >= 0.3 is 0 Å². The van der Waals surface area contributed by atoms with Crippen molar-refractivity contribution >= 4 is 35.5 Å². The van der Waals surface area contributed by atoms with Crippen LogP contribution in [0.1, 0.15) is 34.7 Å². The summed E-state index contributed by atoms with van der Waals surface area (Å²) in [7, 11) is 2.05. The number of nitrogens with zero attached hydrogens (tertiary/aromatic N) is 2. The van der Waals surface area contributed by atoms with E-state index in [4.69, 9.17) is 4.99 Å². The smallest absolute Gasteiger partial charge is 0.112 e. The van der Waals surface area contributed by atoms with Crippen molar-refractivity contribution in [3.8, 4) is 0 Å². The quantitative estimate of drug-likeness (QED) is 0.471. The topological polar surface area (TPSA) is 15.6 Å². The zero-order valence-electron chi connectivity index (χ0n) is 16.4. The van der Waals surface area contributed by atoms with Crippen LogP contribution in [0.15, 0.2) is 41.4 Å². The second-order valence-corrected chi connectivity index (χ2v) is 9.83. The lowest BCUT2D eigenvalue weighted by molar-refractivity contribution is 0.552. The fourth-order valence-electron chi connectivity index (χ4n) is 3.28. The van der Waals surface area contributed by atoms with Gasteiger partial charge in [-0.1, -0.05) is 35.9 Å². The zero-order valence-corrected chi connectivity index (χ0v) is 18.0. The molecule has 2 nitrogen and oxygen atoms in total. The lowest BCUT2D eigenvalue weighted by Gasteiger charge is -2.31. The Labute approximate surface area is 166 Å². The van der Waals surface area contributed by atoms with Crippen molar-refractivity contribution < 1.29 is 0 Å². The molecule has 0 saturated carbocycles. The maximum absolute atomic E-state index is 4.70. The van der Waals surface area contributed by atoms with Crippen LogP contribution in [0, 0.1) is 20.8 Å². The first kappa shape index (κ1) is 19.4. The van der Waals surface area contributed by atoms with E-state index in [0.717, 1.165) is 12.2 Å². The SMILES string of the molecule is CCN(C)/C=N\c1cc(C)c(C2(c3cccc(C)c3)SCCS2)cc1C. The first-order chi connectivity index (χ1) is 12.5. The van der Waals surface area contributed by atoms with Crippen molar-refractivity contribution in [1.29, 1.82) is 0 Å². The van der Waals surface area contributed by atoms with Crippen LogP contribution in [0.5, 0.6) is 0 Å². The Morgan fingerprint density at radius 3 is 2.46 bits per heavy atom. The highest BCUT2D eigenvalue weighted by atomic mass is 32.2. The van der Waals surface area contributed by atoms with Crippen LogP contribution in [0.3, 0.4) is 0 Å². The van der Waals surface area contributed by atoms with Crippen LogP contribution in [0.25, 0.3) is 0 Å². The molecule has 0 radical (unpaired) electrons. The first-order valence-electron chi connectivity index (χ1n) is 9.17. The standard InChI is InChI=1S/C22H28N2S2/c1-6-24(5)15-23-21-14-17(3)20(13-18(21)4)22(25-10-11-26-22)19-9-7-8-16(2)12-19/h7-9,12-15H,6,10-11H2,1-5H3/b23-15-. The van der Waals surface area contributed by atoms with Gasteiger partial charge in [-0.15, -0.1) is 23.5 Å². The van der Waals surface area contributed by atoms with Crippen molar-refractivity contribution in [1.82, 2.24) is 4.90 Å². The summed E-state index contributed by atoms with van der Waals surface area (Å²) in [5, 5.41) is 0. The molecule has 0 atom stereocenters. The maximum Gasteiger partial charge on any atom is 0.112 e. The summed E-state index contributed by atoms with van der Waals surface area (Å²) in [6.45, 7) is 9.68. The van der Waals surface area contributed by atoms with E-state index >= 15 is 0 Å². The van der Waals surface area contributed by atoms with Gasteiger partial charge in [-0.2, -0.15) is 0 Å². The fraction of sp³-hybridized carbons (Fsp3) is 0.409. The molecule has 138 valence electrons. The predicted octanol–water partition coefficient (Wildman–Crippen LogP) is 5.90. The number of rotatable bonds is 5. The van der Waals surface area contributed by atoms with Crippen molar-refractivity contribution in [2.45, 2.75) is 31.8 Å². The van der Waals surface area contributed by atoms with Gasteiger partial charge in [0.1, 0.15) is 4.08 Å². The number of hydrogen-bond acceptors (Lipinski definition) is 3. The van der Waals surface area contributed by atoms with E-state index in [-0.39, 0.29) is 4.08 Å². The lowest BCUT2D eigenvalue weighted by Crippen LogP contribution is -2.18. The average molecular weight is 385 g/mol. The summed E-state index contributed by atoms with van der Waals surface area (Å²) in [6, 6.07) is 13.6. The lowest BCUT2D eigenvalue weighted by atomic mass is 9.95. The van der Waals surface area contributed by atoms with Crippen molar-refractivity contribution in [2.75, 3.05) is 25.1 Å². The Kier molecular flexibility index (Phi) is 6.03. The molecule has 1 saturated heterocycles. The van der Waals surface area contributed by atoms with Gasteiger partial charge in [-0.05, 0) is 56.0 Å². The molecule has 2 aromatic rings. The highest BCUT2D eigenvalue weighted by molar-refractivity contribution is 8.20. The minimum absolute atomic E-state index is 0.00329. The van der Waals surface area contributed by atoms with E-state index in [1.165, 1.54) is 39.3 Å². The molecule has 1 fully saturated rings. The summed E-state index contributed by atoms with van der Waals surface area (Å²) in [5.74, 6) is 2.39. The van der Waals surface area contributed by atoms with E-state index < -0.39 is 0 Å². The van der Waals surface area contributed by atoms with E-state index in [9.17, 15) is 0 Å². The summed E-state index contributed by atoms with van der Waals surface area (Å²) in [5.41, 5.74) is 7.80. The summed E-state index contributed by atoms with van der Waals surface area (Å²) in [4.78, 5) is 6.80. The van der Waals surface area contributed by atoms with E-state index in [2.05, 4.69) is 99.6 Å². The summed E-state index contributed by atoms with van der Waals surface area (Å²) >= 11 is 4.14. The van der Waals surface area contributed by atoms with Gasteiger partial charge in [0.05, 0.1) is 12.0 Å². The Morgan fingerprint density at radius 1 is 1.08 bits per heavy atom. The molecule has 0 bridgehead atoms. The van der Waals surface area contributed by atoms with Gasteiger partial charge in [-0.3, -0.25) is 0 Å². The Hall–Kier alpha value is -1.39. The largest absolute Gasteiger partial charge is 0.366 e. The number of thioether (sulfide) groups is 2. The fourth-order valence-corrected chi connectivity index (χ4v) is 6.69. The number of aliphatic imine (C=N–C) groups is 1. The first-order valence-corrected chi connectivity index (χ1v) is 11.1. The average Bonchev–Trinajstić information content (AvgIpc) is 3.12. The highest BCUT2D eigenvalue weighted by Crippen LogP contribution is 2.57. The van der Waals surface area contributed by atoms with Gasteiger partial charge in [0, 0.05) is 25.1 Å². The molecule has 0 N–H and O–H groups in total. The van der Waals surface area contributed by atoms with Crippen LogP contribution >= 0.6 is 23.5 Å². The van der Waals surface area contributed by atoms with E-state index in [0.29, 0.717) is 0 Å². The van der Waals surface area contributed by atoms with Crippen LogP contribution in [-0.2, 0) is 4.08 Å². The molecule has 0 unspecified atom stereocenters. The minimum atomic E-state index is 0.00329. The van der Waals surface area contributed by atoms with Gasteiger partial charge < -0.3 is 4.90 Å². The Balaban J connectivity index is 2.06. The predicted molar refractivity (Wildman–Crippen MR) is 119 cm³/mol.